The molecule has 0 heterocycles. The van der Waals surface area contributed by atoms with Crippen LogP contribution in [0.2, 0.25) is 0 Å². The summed E-state index contributed by atoms with van der Waals surface area (Å²) >= 11 is 0. The van der Waals surface area contributed by atoms with Crippen molar-refractivity contribution in [2.75, 3.05) is 0 Å². The summed E-state index contributed by atoms with van der Waals surface area (Å²) in [4.78, 5) is 0. The normalized spacial score (nSPS) is 13.0. The van der Waals surface area contributed by atoms with E-state index in [4.69, 9.17) is 0 Å². The molecule has 80 valence electrons. The summed E-state index contributed by atoms with van der Waals surface area (Å²) < 4.78 is 0. The van der Waals surface area contributed by atoms with Crippen LogP contribution in [0.1, 0.15) is 20.8 Å². The van der Waals surface area contributed by atoms with Gasteiger partial charge in [0.25, 0.3) is 0 Å². The first-order valence-corrected chi connectivity index (χ1v) is 4.98. The lowest BCUT2D eigenvalue weighted by Gasteiger charge is -1.98. The second-order valence-corrected chi connectivity index (χ2v) is 3.67. The minimum Gasteiger partial charge on any atom is -0.0988 e. The lowest BCUT2D eigenvalue weighted by atomic mass is 10.1. The van der Waals surface area contributed by atoms with E-state index in [9.17, 15) is 0 Å². The van der Waals surface area contributed by atoms with Crippen LogP contribution in [0.4, 0.5) is 0 Å². The maximum Gasteiger partial charge on any atom is -0.0299 e. The second-order valence-electron chi connectivity index (χ2n) is 3.67. The molecule has 0 heteroatoms. The molecule has 0 saturated carbocycles. The highest BCUT2D eigenvalue weighted by atomic mass is 14.0. The first-order valence-electron chi connectivity index (χ1n) is 4.98. The van der Waals surface area contributed by atoms with Crippen LogP contribution >= 0.6 is 0 Å². The second kappa shape index (κ2) is 6.83. The molecule has 0 aromatic carbocycles. The predicted octanol–water partition coefficient (Wildman–Crippen LogP) is 4.75. The fourth-order valence-electron chi connectivity index (χ4n) is 0.806. The van der Waals surface area contributed by atoms with Gasteiger partial charge in [-0.2, -0.15) is 0 Å². The maximum atomic E-state index is 3.98. The summed E-state index contributed by atoms with van der Waals surface area (Å²) in [5.74, 6) is 0. The molecule has 0 fully saturated rings. The van der Waals surface area contributed by atoms with Gasteiger partial charge in [-0.05, 0) is 31.9 Å². The third kappa shape index (κ3) is 6.50. The van der Waals surface area contributed by atoms with Crippen LogP contribution in [-0.2, 0) is 0 Å². The zero-order chi connectivity index (χ0) is 11.8. The van der Waals surface area contributed by atoms with Gasteiger partial charge in [-0.15, -0.1) is 0 Å². The van der Waals surface area contributed by atoms with Crippen LogP contribution in [0.25, 0.3) is 0 Å². The van der Waals surface area contributed by atoms with Gasteiger partial charge in [-0.25, -0.2) is 0 Å². The van der Waals surface area contributed by atoms with Crippen molar-refractivity contribution in [3.8, 4) is 0 Å². The molecule has 15 heavy (non-hydrogen) atoms. The number of allylic oxidation sites excluding steroid dienone is 9. The van der Waals surface area contributed by atoms with Crippen molar-refractivity contribution in [3.63, 3.8) is 0 Å². The van der Waals surface area contributed by atoms with Gasteiger partial charge in [0.15, 0.2) is 0 Å². The van der Waals surface area contributed by atoms with Gasteiger partial charge in [0.05, 0.1) is 0 Å². The minimum absolute atomic E-state index is 1.01. The van der Waals surface area contributed by atoms with Gasteiger partial charge in [0.2, 0.25) is 0 Å². The van der Waals surface area contributed by atoms with Crippen LogP contribution in [-0.4, -0.2) is 0 Å². The van der Waals surface area contributed by atoms with E-state index in [0.29, 0.717) is 0 Å². The largest absolute Gasteiger partial charge is 0.0988 e. The van der Waals surface area contributed by atoms with Crippen molar-refractivity contribution >= 4 is 0 Å². The predicted molar refractivity (Wildman–Crippen MR) is 70.8 cm³/mol. The molecule has 0 aromatic heterocycles. The highest BCUT2D eigenvalue weighted by Gasteiger charge is 1.90. The summed E-state index contributed by atoms with van der Waals surface area (Å²) in [5, 5.41) is 0. The Hall–Kier alpha value is -1.56. The molecule has 0 aliphatic rings. The van der Waals surface area contributed by atoms with E-state index in [2.05, 4.69) is 19.7 Å². The monoisotopic (exact) mass is 200 g/mol. The van der Waals surface area contributed by atoms with E-state index in [1.54, 1.807) is 0 Å². The van der Waals surface area contributed by atoms with Gasteiger partial charge in [0.1, 0.15) is 0 Å². The van der Waals surface area contributed by atoms with Crippen LogP contribution in [0.15, 0.2) is 72.4 Å². The molecule has 0 aromatic rings. The van der Waals surface area contributed by atoms with Crippen LogP contribution in [0.5, 0.6) is 0 Å². The van der Waals surface area contributed by atoms with E-state index in [1.807, 2.05) is 51.2 Å². The SMILES string of the molecule is C=C/C(C)=C\C=C(/C)C(=C)/C=C\C(=C)C. The van der Waals surface area contributed by atoms with E-state index in [0.717, 1.165) is 22.3 Å². The Labute approximate surface area is 93.7 Å². The molecule has 0 bridgehead atoms. The third-order valence-corrected chi connectivity index (χ3v) is 1.99. The Morgan fingerprint density at radius 1 is 0.933 bits per heavy atom. The summed E-state index contributed by atoms with van der Waals surface area (Å²) in [5.41, 5.74) is 4.33. The zero-order valence-electron chi connectivity index (χ0n) is 10.0. The highest BCUT2D eigenvalue weighted by molar-refractivity contribution is 5.40. The molecule has 0 aliphatic carbocycles. The van der Waals surface area contributed by atoms with Crippen molar-refractivity contribution < 1.29 is 0 Å². The smallest absolute Gasteiger partial charge is 0.0299 e. The Bertz CT molecular complexity index is 346. The van der Waals surface area contributed by atoms with Crippen LogP contribution in [0.3, 0.4) is 0 Å². The Kier molecular flexibility index (Phi) is 6.12. The Morgan fingerprint density at radius 2 is 1.53 bits per heavy atom. The first-order chi connectivity index (χ1) is 6.97. The van der Waals surface area contributed by atoms with Gasteiger partial charge >= 0.3 is 0 Å². The van der Waals surface area contributed by atoms with Gasteiger partial charge in [-0.3, -0.25) is 0 Å². The van der Waals surface area contributed by atoms with Crippen LogP contribution in [0, 0.1) is 0 Å². The average Bonchev–Trinajstić information content (AvgIpc) is 2.21. The molecule has 0 nitrogen and oxygen atoms in total. The highest BCUT2D eigenvalue weighted by Crippen LogP contribution is 2.10. The van der Waals surface area contributed by atoms with E-state index >= 15 is 0 Å². The molecule has 0 amide bonds. The van der Waals surface area contributed by atoms with Gasteiger partial charge < -0.3 is 0 Å². The molecular formula is C15H20. The third-order valence-electron chi connectivity index (χ3n) is 1.99. The summed E-state index contributed by atoms with van der Waals surface area (Å²) in [6.07, 6.45) is 9.84. The molecule has 0 spiro atoms. The number of hydrogen-bond acceptors (Lipinski definition) is 0. The molecular weight excluding hydrogens is 180 g/mol. The average molecular weight is 200 g/mol. The van der Waals surface area contributed by atoms with Crippen molar-refractivity contribution in [1.29, 1.82) is 0 Å². The Balaban J connectivity index is 4.58. The van der Waals surface area contributed by atoms with E-state index in [1.165, 1.54) is 0 Å². The van der Waals surface area contributed by atoms with E-state index in [-0.39, 0.29) is 0 Å². The van der Waals surface area contributed by atoms with Gasteiger partial charge in [0, 0.05) is 0 Å². The fraction of sp³-hybridized carbons (Fsp3) is 0.200. The topological polar surface area (TPSA) is 0 Å². The molecule has 0 N–H and O–H groups in total. The maximum absolute atomic E-state index is 3.98. The van der Waals surface area contributed by atoms with Crippen LogP contribution < -0.4 is 0 Å². The zero-order valence-corrected chi connectivity index (χ0v) is 10.0. The summed E-state index contributed by atoms with van der Waals surface area (Å²) in [6.45, 7) is 17.5. The molecule has 0 radical (unpaired) electrons. The lowest BCUT2D eigenvalue weighted by molar-refractivity contribution is 1.42. The van der Waals surface area contributed by atoms with Crippen molar-refractivity contribution in [2.45, 2.75) is 20.8 Å². The standard InChI is InChI=1S/C15H20/c1-7-13(4)9-11-15(6)14(5)10-8-12(2)3/h7-11H,1-2,5H2,3-4,6H3/b10-8-,13-9-,15-11+. The number of rotatable bonds is 5. The molecule has 0 saturated heterocycles. The molecule has 0 aliphatic heterocycles. The summed E-state index contributed by atoms with van der Waals surface area (Å²) in [7, 11) is 0. The lowest BCUT2D eigenvalue weighted by Crippen LogP contribution is -1.78. The first kappa shape index (κ1) is 13.4. The molecule has 0 unspecified atom stereocenters. The van der Waals surface area contributed by atoms with E-state index < -0.39 is 0 Å². The summed E-state index contributed by atoms with van der Waals surface area (Å²) in [6, 6.07) is 0. The number of hydrogen-bond donors (Lipinski definition) is 0. The molecule has 0 rings (SSSR count). The Morgan fingerprint density at radius 3 is 2.00 bits per heavy atom. The molecule has 0 atom stereocenters. The van der Waals surface area contributed by atoms with Crippen molar-refractivity contribution in [1.82, 2.24) is 0 Å². The minimum atomic E-state index is 1.01. The quantitative estimate of drug-likeness (QED) is 0.562. The fourth-order valence-corrected chi connectivity index (χ4v) is 0.806. The van der Waals surface area contributed by atoms with Crippen molar-refractivity contribution in [2.24, 2.45) is 0 Å². The van der Waals surface area contributed by atoms with Gasteiger partial charge in [-0.1, -0.05) is 61.3 Å². The van der Waals surface area contributed by atoms with Crippen molar-refractivity contribution in [3.05, 3.63) is 72.4 Å².